The largest absolute Gasteiger partial charge is 0.393 e. The van der Waals surface area contributed by atoms with Gasteiger partial charge in [0.05, 0.1) is 6.10 Å². The van der Waals surface area contributed by atoms with Gasteiger partial charge in [-0.1, -0.05) is 72.8 Å². The van der Waals surface area contributed by atoms with Gasteiger partial charge in [-0.2, -0.15) is 0 Å². The molecule has 0 aromatic heterocycles. The third kappa shape index (κ3) is 4.34. The Morgan fingerprint density at radius 2 is 1.48 bits per heavy atom. The number of aliphatic hydroxyl groups excluding tert-OH is 1. The normalized spacial score (nSPS) is 13.4. The molecule has 2 heteroatoms. The Balaban J connectivity index is 1.77. The summed E-state index contributed by atoms with van der Waals surface area (Å²) < 4.78 is 13.9. The Morgan fingerprint density at radius 3 is 2.12 bits per heavy atom. The van der Waals surface area contributed by atoms with Gasteiger partial charge in [0.2, 0.25) is 0 Å². The van der Waals surface area contributed by atoms with E-state index >= 15 is 0 Å². The van der Waals surface area contributed by atoms with E-state index in [0.29, 0.717) is 5.56 Å². The predicted octanol–water partition coefficient (Wildman–Crippen LogP) is 5.59. The highest BCUT2D eigenvalue weighted by Crippen LogP contribution is 2.29. The van der Waals surface area contributed by atoms with Crippen molar-refractivity contribution in [2.24, 2.45) is 0 Å². The molecule has 2 atom stereocenters. The maximum Gasteiger partial charge on any atom is 0.131 e. The van der Waals surface area contributed by atoms with Gasteiger partial charge in [-0.25, -0.2) is 4.39 Å². The van der Waals surface area contributed by atoms with Gasteiger partial charge in [-0.3, -0.25) is 0 Å². The van der Waals surface area contributed by atoms with Crippen molar-refractivity contribution in [3.8, 4) is 11.1 Å². The number of hydrogen-bond donors (Lipinski definition) is 1. The summed E-state index contributed by atoms with van der Waals surface area (Å²) in [7, 11) is 0. The summed E-state index contributed by atoms with van der Waals surface area (Å²) in [6, 6.07) is 25.0. The lowest BCUT2D eigenvalue weighted by molar-refractivity contribution is 0.157. The molecule has 2 unspecified atom stereocenters. The molecule has 0 saturated carbocycles. The third-order valence-electron chi connectivity index (χ3n) is 4.69. The zero-order chi connectivity index (χ0) is 17.6. The fourth-order valence-electron chi connectivity index (χ4n) is 3.26. The molecule has 1 N–H and O–H groups in total. The number of aliphatic hydroxyl groups is 1. The number of hydrogen-bond acceptors (Lipinski definition) is 1. The van der Waals surface area contributed by atoms with Crippen LogP contribution in [0.25, 0.3) is 11.1 Å². The summed E-state index contributed by atoms with van der Waals surface area (Å²) in [6.07, 6.45) is 1.37. The summed E-state index contributed by atoms with van der Waals surface area (Å²) in [5, 5.41) is 10.2. The van der Waals surface area contributed by atoms with Crippen LogP contribution < -0.4 is 0 Å². The molecule has 0 amide bonds. The van der Waals surface area contributed by atoms with Crippen LogP contribution >= 0.6 is 0 Å². The highest BCUT2D eigenvalue weighted by molar-refractivity contribution is 5.64. The van der Waals surface area contributed by atoms with E-state index in [0.717, 1.165) is 24.0 Å². The Labute approximate surface area is 148 Å². The average molecular weight is 334 g/mol. The highest BCUT2D eigenvalue weighted by atomic mass is 19.1. The second-order valence-electron chi connectivity index (χ2n) is 6.47. The summed E-state index contributed by atoms with van der Waals surface area (Å²) in [5.74, 6) is -0.152. The topological polar surface area (TPSA) is 20.2 Å². The molecule has 0 radical (unpaired) electrons. The molecule has 3 aromatic rings. The summed E-state index contributed by atoms with van der Waals surface area (Å²) in [5.41, 5.74) is 3.82. The second-order valence-corrected chi connectivity index (χ2v) is 6.47. The minimum atomic E-state index is -0.428. The van der Waals surface area contributed by atoms with Gasteiger partial charge < -0.3 is 5.11 Å². The predicted molar refractivity (Wildman–Crippen MR) is 101 cm³/mol. The first-order valence-electron chi connectivity index (χ1n) is 8.72. The van der Waals surface area contributed by atoms with Gasteiger partial charge in [-0.05, 0) is 42.5 Å². The van der Waals surface area contributed by atoms with Gasteiger partial charge in [0.25, 0.3) is 0 Å². The lowest BCUT2D eigenvalue weighted by Gasteiger charge is -2.21. The van der Waals surface area contributed by atoms with Crippen molar-refractivity contribution in [2.75, 3.05) is 0 Å². The SMILES string of the molecule is CC(O)C(CCc1ccccc1)c1ccc(-c2ccccc2F)cc1. The average Bonchev–Trinajstić information content (AvgIpc) is 2.64. The van der Waals surface area contributed by atoms with Crippen molar-refractivity contribution in [1.82, 2.24) is 0 Å². The number of aryl methyl sites for hydroxylation is 1. The van der Waals surface area contributed by atoms with E-state index in [1.54, 1.807) is 12.1 Å². The first kappa shape index (κ1) is 17.4. The molecule has 0 heterocycles. The fraction of sp³-hybridized carbons (Fsp3) is 0.217. The standard InChI is InChI=1S/C23H23FO/c1-17(25)21(16-11-18-7-3-2-4-8-18)19-12-14-20(15-13-19)22-9-5-6-10-23(22)24/h2-10,12-15,17,21,25H,11,16H2,1H3. The first-order chi connectivity index (χ1) is 12.1. The van der Waals surface area contributed by atoms with Crippen LogP contribution in [-0.4, -0.2) is 11.2 Å². The number of rotatable bonds is 6. The molecule has 0 spiro atoms. The molecule has 0 saturated heterocycles. The molecule has 0 aliphatic carbocycles. The zero-order valence-corrected chi connectivity index (χ0v) is 14.4. The van der Waals surface area contributed by atoms with E-state index in [-0.39, 0.29) is 11.7 Å². The van der Waals surface area contributed by atoms with Crippen LogP contribution in [0.4, 0.5) is 4.39 Å². The van der Waals surface area contributed by atoms with E-state index in [2.05, 4.69) is 12.1 Å². The maximum absolute atomic E-state index is 13.9. The van der Waals surface area contributed by atoms with E-state index in [9.17, 15) is 9.50 Å². The molecule has 1 nitrogen and oxygen atoms in total. The minimum absolute atomic E-state index is 0.0647. The molecule has 0 fully saturated rings. The smallest absolute Gasteiger partial charge is 0.131 e. The van der Waals surface area contributed by atoms with Crippen molar-refractivity contribution < 1.29 is 9.50 Å². The Hall–Kier alpha value is -2.45. The second kappa shape index (κ2) is 8.09. The van der Waals surface area contributed by atoms with Crippen molar-refractivity contribution in [2.45, 2.75) is 31.8 Å². The summed E-state index contributed by atoms with van der Waals surface area (Å²) in [4.78, 5) is 0. The third-order valence-corrected chi connectivity index (χ3v) is 4.69. The van der Waals surface area contributed by atoms with E-state index in [4.69, 9.17) is 0 Å². The fourth-order valence-corrected chi connectivity index (χ4v) is 3.26. The van der Waals surface area contributed by atoms with E-state index in [1.807, 2.05) is 55.5 Å². The molecule has 0 aliphatic rings. The van der Waals surface area contributed by atoms with Crippen LogP contribution in [0.5, 0.6) is 0 Å². The molecule has 25 heavy (non-hydrogen) atoms. The number of benzene rings is 3. The van der Waals surface area contributed by atoms with Gasteiger partial charge in [-0.15, -0.1) is 0 Å². The Bertz CT molecular complexity index is 794. The number of halogens is 1. The van der Waals surface area contributed by atoms with Crippen molar-refractivity contribution >= 4 is 0 Å². The van der Waals surface area contributed by atoms with Crippen molar-refractivity contribution in [1.29, 1.82) is 0 Å². The molecule has 0 aliphatic heterocycles. The lowest BCUT2D eigenvalue weighted by atomic mass is 9.87. The van der Waals surface area contributed by atoms with Gasteiger partial charge >= 0.3 is 0 Å². The van der Waals surface area contributed by atoms with Gasteiger partial charge in [0, 0.05) is 11.5 Å². The van der Waals surface area contributed by atoms with Crippen molar-refractivity contribution in [3.63, 3.8) is 0 Å². The van der Waals surface area contributed by atoms with Crippen LogP contribution in [-0.2, 0) is 6.42 Å². The minimum Gasteiger partial charge on any atom is -0.393 e. The Kier molecular flexibility index (Phi) is 5.62. The van der Waals surface area contributed by atoms with E-state index in [1.165, 1.54) is 11.6 Å². The molecule has 0 bridgehead atoms. The quantitative estimate of drug-likeness (QED) is 0.623. The highest BCUT2D eigenvalue weighted by Gasteiger charge is 2.17. The monoisotopic (exact) mass is 334 g/mol. The van der Waals surface area contributed by atoms with Crippen LogP contribution in [0.3, 0.4) is 0 Å². The van der Waals surface area contributed by atoms with Crippen LogP contribution in [0, 0.1) is 5.82 Å². The molecule has 128 valence electrons. The molecule has 3 aromatic carbocycles. The van der Waals surface area contributed by atoms with Gasteiger partial charge in [0.15, 0.2) is 0 Å². The first-order valence-corrected chi connectivity index (χ1v) is 8.72. The van der Waals surface area contributed by atoms with Crippen LogP contribution in [0.1, 0.15) is 30.4 Å². The van der Waals surface area contributed by atoms with Crippen molar-refractivity contribution in [3.05, 3.63) is 95.8 Å². The van der Waals surface area contributed by atoms with Crippen LogP contribution in [0.15, 0.2) is 78.9 Å². The molecular formula is C23H23FO. The van der Waals surface area contributed by atoms with E-state index < -0.39 is 6.10 Å². The van der Waals surface area contributed by atoms with Crippen LogP contribution in [0.2, 0.25) is 0 Å². The lowest BCUT2D eigenvalue weighted by Crippen LogP contribution is -2.15. The Morgan fingerprint density at radius 1 is 0.840 bits per heavy atom. The zero-order valence-electron chi connectivity index (χ0n) is 14.4. The molecular weight excluding hydrogens is 311 g/mol. The van der Waals surface area contributed by atoms with Gasteiger partial charge in [0.1, 0.15) is 5.82 Å². The summed E-state index contributed by atoms with van der Waals surface area (Å²) in [6.45, 7) is 1.83. The maximum atomic E-state index is 13.9. The summed E-state index contributed by atoms with van der Waals surface area (Å²) >= 11 is 0. The molecule has 3 rings (SSSR count).